The third-order valence-electron chi connectivity index (χ3n) is 2.22. The van der Waals surface area contributed by atoms with Crippen LogP contribution in [-0.2, 0) is 11.2 Å². The number of benzene rings is 1. The van der Waals surface area contributed by atoms with E-state index in [1.54, 1.807) is 12.1 Å². The Morgan fingerprint density at radius 1 is 1.40 bits per heavy atom. The van der Waals surface area contributed by atoms with Gasteiger partial charge < -0.3 is 15.6 Å². The zero-order valence-corrected chi connectivity index (χ0v) is 8.69. The van der Waals surface area contributed by atoms with Crippen LogP contribution in [0.4, 0.5) is 4.39 Å². The number of halogens is 1. The molecule has 1 rings (SSSR count). The number of aliphatic hydroxyl groups is 1. The summed E-state index contributed by atoms with van der Waals surface area (Å²) >= 11 is 0. The molecule has 2 atom stereocenters. The molecule has 3 N–H and O–H groups in total. The number of rotatable bonds is 5. The van der Waals surface area contributed by atoms with Crippen LogP contribution in [-0.4, -0.2) is 31.0 Å². The maximum absolute atomic E-state index is 12.6. The summed E-state index contributed by atoms with van der Waals surface area (Å²) in [5.41, 5.74) is 6.65. The highest BCUT2D eigenvalue weighted by Gasteiger charge is 2.14. The van der Waals surface area contributed by atoms with Crippen LogP contribution in [0.3, 0.4) is 0 Å². The molecule has 0 aromatic heterocycles. The van der Waals surface area contributed by atoms with Gasteiger partial charge in [0.15, 0.2) is 0 Å². The van der Waals surface area contributed by atoms with Crippen LogP contribution >= 0.6 is 0 Å². The lowest BCUT2D eigenvalue weighted by Crippen LogP contribution is -2.39. The molecular formula is C11H16FNO2. The number of hydrogen-bond donors (Lipinski definition) is 2. The molecule has 1 aromatic rings. The Kier molecular flexibility index (Phi) is 4.68. The van der Waals surface area contributed by atoms with E-state index in [-0.39, 0.29) is 12.4 Å². The van der Waals surface area contributed by atoms with E-state index in [9.17, 15) is 9.50 Å². The van der Waals surface area contributed by atoms with Gasteiger partial charge in [0.1, 0.15) is 5.82 Å². The third kappa shape index (κ3) is 3.95. The summed E-state index contributed by atoms with van der Waals surface area (Å²) in [6.07, 6.45) is -0.190. The summed E-state index contributed by atoms with van der Waals surface area (Å²) in [5, 5.41) is 9.51. The molecule has 0 heterocycles. The molecule has 0 aliphatic carbocycles. The number of ether oxygens (including phenoxy) is 1. The first-order chi connectivity index (χ1) is 7.13. The SMILES string of the molecule is COCC(O)C(N)Cc1ccc(F)cc1. The molecular weight excluding hydrogens is 197 g/mol. The summed E-state index contributed by atoms with van der Waals surface area (Å²) in [6, 6.07) is 5.69. The fraction of sp³-hybridized carbons (Fsp3) is 0.455. The Morgan fingerprint density at radius 2 is 2.00 bits per heavy atom. The third-order valence-corrected chi connectivity index (χ3v) is 2.22. The molecule has 0 fully saturated rings. The summed E-state index contributed by atoms with van der Waals surface area (Å²) in [6.45, 7) is 0.211. The molecule has 2 unspecified atom stereocenters. The first-order valence-electron chi connectivity index (χ1n) is 4.80. The van der Waals surface area contributed by atoms with Gasteiger partial charge in [0.2, 0.25) is 0 Å². The Balaban J connectivity index is 2.50. The summed E-state index contributed by atoms with van der Waals surface area (Å²) in [4.78, 5) is 0. The predicted octanol–water partition coefficient (Wildman–Crippen LogP) is 0.703. The molecule has 0 saturated carbocycles. The highest BCUT2D eigenvalue weighted by atomic mass is 19.1. The van der Waals surface area contributed by atoms with Crippen LogP contribution in [0.1, 0.15) is 5.56 Å². The maximum Gasteiger partial charge on any atom is 0.123 e. The van der Waals surface area contributed by atoms with Crippen LogP contribution < -0.4 is 5.73 Å². The number of nitrogens with two attached hydrogens (primary N) is 1. The van der Waals surface area contributed by atoms with Gasteiger partial charge in [-0.2, -0.15) is 0 Å². The van der Waals surface area contributed by atoms with Gasteiger partial charge in [-0.05, 0) is 24.1 Å². The first kappa shape index (κ1) is 12.1. The van der Waals surface area contributed by atoms with Crippen molar-refractivity contribution >= 4 is 0 Å². The van der Waals surface area contributed by atoms with Gasteiger partial charge in [0, 0.05) is 13.2 Å². The molecule has 0 saturated heterocycles. The van der Waals surface area contributed by atoms with Crippen molar-refractivity contribution in [2.45, 2.75) is 18.6 Å². The second-order valence-electron chi connectivity index (χ2n) is 3.52. The van der Waals surface area contributed by atoms with E-state index in [0.29, 0.717) is 6.42 Å². The maximum atomic E-state index is 12.6. The number of hydrogen-bond acceptors (Lipinski definition) is 3. The molecule has 1 aromatic carbocycles. The van der Waals surface area contributed by atoms with Crippen LogP contribution in [0.15, 0.2) is 24.3 Å². The lowest BCUT2D eigenvalue weighted by molar-refractivity contribution is 0.0480. The molecule has 0 aliphatic rings. The van der Waals surface area contributed by atoms with Crippen molar-refractivity contribution in [3.63, 3.8) is 0 Å². The summed E-state index contributed by atoms with van der Waals surface area (Å²) in [7, 11) is 1.51. The zero-order valence-electron chi connectivity index (χ0n) is 8.69. The van der Waals surface area contributed by atoms with Gasteiger partial charge in [0.05, 0.1) is 12.7 Å². The van der Waals surface area contributed by atoms with Gasteiger partial charge >= 0.3 is 0 Å². The largest absolute Gasteiger partial charge is 0.389 e. The van der Waals surface area contributed by atoms with Crippen LogP contribution in [0.25, 0.3) is 0 Å². The molecule has 0 radical (unpaired) electrons. The Bertz CT molecular complexity index is 289. The molecule has 15 heavy (non-hydrogen) atoms. The van der Waals surface area contributed by atoms with E-state index in [1.807, 2.05) is 0 Å². The monoisotopic (exact) mass is 213 g/mol. The molecule has 0 aliphatic heterocycles. The normalized spacial score (nSPS) is 14.9. The van der Waals surface area contributed by atoms with Crippen molar-refractivity contribution in [3.05, 3.63) is 35.6 Å². The molecule has 0 spiro atoms. The molecule has 0 amide bonds. The van der Waals surface area contributed by atoms with E-state index in [4.69, 9.17) is 10.5 Å². The van der Waals surface area contributed by atoms with Crippen LogP contribution in [0.2, 0.25) is 0 Å². The average Bonchev–Trinajstić information content (AvgIpc) is 2.22. The smallest absolute Gasteiger partial charge is 0.123 e. The van der Waals surface area contributed by atoms with E-state index in [0.717, 1.165) is 5.56 Å². The Morgan fingerprint density at radius 3 is 2.53 bits per heavy atom. The zero-order chi connectivity index (χ0) is 11.3. The minimum absolute atomic E-state index is 0.211. The first-order valence-corrected chi connectivity index (χ1v) is 4.80. The van der Waals surface area contributed by atoms with Crippen molar-refractivity contribution < 1.29 is 14.2 Å². The number of aliphatic hydroxyl groups excluding tert-OH is 1. The fourth-order valence-corrected chi connectivity index (χ4v) is 1.32. The number of methoxy groups -OCH3 is 1. The average molecular weight is 213 g/mol. The molecule has 4 heteroatoms. The standard InChI is InChI=1S/C11H16FNO2/c1-15-7-11(14)10(13)6-8-2-4-9(12)5-3-8/h2-5,10-11,14H,6-7,13H2,1H3. The fourth-order valence-electron chi connectivity index (χ4n) is 1.32. The van der Waals surface area contributed by atoms with Crippen molar-refractivity contribution in [1.29, 1.82) is 0 Å². The topological polar surface area (TPSA) is 55.5 Å². The Hall–Kier alpha value is -0.970. The second-order valence-corrected chi connectivity index (χ2v) is 3.52. The predicted molar refractivity (Wildman–Crippen MR) is 56.0 cm³/mol. The molecule has 3 nitrogen and oxygen atoms in total. The Labute approximate surface area is 88.7 Å². The summed E-state index contributed by atoms with van der Waals surface area (Å²) < 4.78 is 17.4. The highest BCUT2D eigenvalue weighted by molar-refractivity contribution is 5.17. The van der Waals surface area contributed by atoms with E-state index >= 15 is 0 Å². The van der Waals surface area contributed by atoms with Gasteiger partial charge in [-0.3, -0.25) is 0 Å². The summed E-state index contributed by atoms with van der Waals surface area (Å²) in [5.74, 6) is -0.273. The van der Waals surface area contributed by atoms with Crippen molar-refractivity contribution in [2.24, 2.45) is 5.73 Å². The van der Waals surface area contributed by atoms with Gasteiger partial charge in [0.25, 0.3) is 0 Å². The van der Waals surface area contributed by atoms with E-state index in [2.05, 4.69) is 0 Å². The quantitative estimate of drug-likeness (QED) is 0.757. The minimum Gasteiger partial charge on any atom is -0.389 e. The second kappa shape index (κ2) is 5.80. The van der Waals surface area contributed by atoms with Gasteiger partial charge in [-0.15, -0.1) is 0 Å². The molecule has 0 bridgehead atoms. The highest BCUT2D eigenvalue weighted by Crippen LogP contribution is 2.06. The van der Waals surface area contributed by atoms with Crippen molar-refractivity contribution in [3.8, 4) is 0 Å². The van der Waals surface area contributed by atoms with Gasteiger partial charge in [-0.25, -0.2) is 4.39 Å². The van der Waals surface area contributed by atoms with Crippen molar-refractivity contribution in [1.82, 2.24) is 0 Å². The van der Waals surface area contributed by atoms with Crippen molar-refractivity contribution in [2.75, 3.05) is 13.7 Å². The van der Waals surface area contributed by atoms with Crippen LogP contribution in [0, 0.1) is 5.82 Å². The lowest BCUT2D eigenvalue weighted by atomic mass is 10.0. The van der Waals surface area contributed by atoms with Gasteiger partial charge in [-0.1, -0.05) is 12.1 Å². The van der Waals surface area contributed by atoms with E-state index < -0.39 is 12.1 Å². The molecule has 84 valence electrons. The van der Waals surface area contributed by atoms with E-state index in [1.165, 1.54) is 19.2 Å². The van der Waals surface area contributed by atoms with Crippen LogP contribution in [0.5, 0.6) is 0 Å². The lowest BCUT2D eigenvalue weighted by Gasteiger charge is -2.17. The minimum atomic E-state index is -0.694.